The fraction of sp³-hybridized carbons (Fsp3) is 0.500. The number of likely N-dealkylation sites (tertiary alicyclic amines) is 1. The van der Waals surface area contributed by atoms with E-state index in [2.05, 4.69) is 63.4 Å². The number of piperidine rings is 1. The van der Waals surface area contributed by atoms with Gasteiger partial charge in [0.05, 0.1) is 28.9 Å². The molecule has 1 spiro atoms. The number of carbonyl (C=O) groups is 1. The number of amides is 1. The second-order valence-electron chi connectivity index (χ2n) is 20.1. The van der Waals surface area contributed by atoms with Crippen LogP contribution < -0.4 is 19.7 Å². The second-order valence-corrected chi connectivity index (χ2v) is 24.4. The first kappa shape index (κ1) is 44.9. The molecule has 6 heterocycles. The van der Waals surface area contributed by atoms with Gasteiger partial charge < -0.3 is 19.9 Å². The quantitative estimate of drug-likeness (QED) is 0.0704. The highest BCUT2D eigenvalue weighted by molar-refractivity contribution is 7.94. The fourth-order valence-electron chi connectivity index (χ4n) is 11.6. The number of fused-ring (bicyclic) bond motifs is 1. The fourth-order valence-corrected chi connectivity index (χ4v) is 14.3. The van der Waals surface area contributed by atoms with Crippen LogP contribution in [0.2, 0.25) is 0 Å². The molecule has 3 aromatic heterocycles. The van der Waals surface area contributed by atoms with E-state index >= 15 is 0 Å². The Balaban J connectivity index is 0.763. The molecule has 358 valence electrons. The molecular formula is C50H59N9O7S2. The van der Waals surface area contributed by atoms with Gasteiger partial charge in [0.25, 0.3) is 15.9 Å². The average molecular weight is 962 g/mol. The number of sulfonamides is 1. The monoisotopic (exact) mass is 961 g/mol. The number of aromatic amines is 1. The number of pyridine rings is 2. The van der Waals surface area contributed by atoms with Crippen molar-refractivity contribution in [3.05, 3.63) is 106 Å². The van der Waals surface area contributed by atoms with Crippen LogP contribution in [-0.4, -0.2) is 93.1 Å². The van der Waals surface area contributed by atoms with Crippen molar-refractivity contribution in [1.29, 1.82) is 0 Å². The first-order valence-electron chi connectivity index (χ1n) is 24.4. The third-order valence-corrected chi connectivity index (χ3v) is 19.5. The Hall–Kier alpha value is -5.59. The lowest BCUT2D eigenvalue weighted by Gasteiger charge is -2.56. The Bertz CT molecular complexity index is 2970. The van der Waals surface area contributed by atoms with Crippen LogP contribution in [0.3, 0.4) is 0 Å². The Morgan fingerprint density at radius 1 is 0.926 bits per heavy atom. The molecule has 0 radical (unpaired) electrons. The van der Waals surface area contributed by atoms with Crippen LogP contribution in [0.4, 0.5) is 17.2 Å². The molecule has 3 saturated heterocycles. The largest absolute Gasteiger partial charge is 0.455 e. The van der Waals surface area contributed by atoms with E-state index in [0.717, 1.165) is 87.3 Å². The number of rotatable bonds is 14. The number of nitro groups is 1. The summed E-state index contributed by atoms with van der Waals surface area (Å²) in [5.74, 6) is 1.79. The first-order chi connectivity index (χ1) is 32.9. The summed E-state index contributed by atoms with van der Waals surface area (Å²) in [5.41, 5.74) is 4.40. The molecule has 3 aliphatic carbocycles. The standard InChI is InChI=1S/C50H59N9O7S2/c60-49(56-68(64,65)40-27-45(59(61)62)48(54-32-40)52-30-33-8-12-36(13-9-33)55-67(63)23-4-24-67)43-15-14-37(26-46(43)66-39-25-35-16-19-51-47(35)53-31-39)57-21-17-50(18-22-57)28-38(29-50)58-20-3-7-44(58)42-6-2-1-5-41(42)34-10-11-34/h1-2,5-6,14-16,19,25-27,31-34,36,38,44H,3-4,7-13,17-18,20-24,28-30H2,(H,51,53)(H,52,54)(H,56,60)/t33-,36+,44-/m1/s1. The Morgan fingerprint density at radius 2 is 1.71 bits per heavy atom. The van der Waals surface area contributed by atoms with Crippen molar-refractivity contribution in [3.63, 3.8) is 0 Å². The molecule has 5 aromatic rings. The molecule has 3 aliphatic heterocycles. The van der Waals surface area contributed by atoms with E-state index in [1.54, 1.807) is 35.5 Å². The lowest BCUT2D eigenvalue weighted by molar-refractivity contribution is -0.384. The van der Waals surface area contributed by atoms with Crippen molar-refractivity contribution >= 4 is 53.9 Å². The highest BCUT2D eigenvalue weighted by atomic mass is 32.2. The molecule has 0 unspecified atom stereocenters. The zero-order valence-electron chi connectivity index (χ0n) is 38.2. The van der Waals surface area contributed by atoms with Crippen LogP contribution in [0.25, 0.3) is 11.0 Å². The smallest absolute Gasteiger partial charge is 0.312 e. The minimum absolute atomic E-state index is 0.0342. The predicted octanol–water partition coefficient (Wildman–Crippen LogP) is 9.08. The molecule has 3 N–H and O–H groups in total. The van der Waals surface area contributed by atoms with Crippen LogP contribution in [0.1, 0.15) is 117 Å². The molecule has 0 bridgehead atoms. The van der Waals surface area contributed by atoms with E-state index < -0.39 is 41.2 Å². The minimum Gasteiger partial charge on any atom is -0.455 e. The zero-order valence-corrected chi connectivity index (χ0v) is 39.8. The molecule has 68 heavy (non-hydrogen) atoms. The number of anilines is 2. The summed E-state index contributed by atoms with van der Waals surface area (Å²) in [6.07, 6.45) is 18.2. The summed E-state index contributed by atoms with van der Waals surface area (Å²) >= 11 is 0. The Kier molecular flexibility index (Phi) is 11.9. The summed E-state index contributed by atoms with van der Waals surface area (Å²) in [5, 5.41) is 16.1. The van der Waals surface area contributed by atoms with E-state index in [9.17, 15) is 27.5 Å². The summed E-state index contributed by atoms with van der Waals surface area (Å²) in [6.45, 7) is 3.25. The number of nitrogens with zero attached hydrogens (tertiary/aromatic N) is 6. The number of nitrogens with one attached hydrogen (secondary N) is 3. The van der Waals surface area contributed by atoms with Crippen LogP contribution in [0.15, 0.2) is 88.5 Å². The molecule has 16 nitrogen and oxygen atoms in total. The summed E-state index contributed by atoms with van der Waals surface area (Å²) < 4.78 is 53.3. The molecular weight excluding hydrogens is 903 g/mol. The normalized spacial score (nSPS) is 23.7. The van der Waals surface area contributed by atoms with Gasteiger partial charge in [0.15, 0.2) is 0 Å². The van der Waals surface area contributed by atoms with E-state index in [0.29, 0.717) is 46.9 Å². The van der Waals surface area contributed by atoms with Crippen molar-refractivity contribution in [1.82, 2.24) is 24.6 Å². The second kappa shape index (κ2) is 18.1. The van der Waals surface area contributed by atoms with Crippen LogP contribution in [-0.2, 0) is 19.8 Å². The minimum atomic E-state index is -4.63. The highest BCUT2D eigenvalue weighted by Crippen LogP contribution is 2.55. The van der Waals surface area contributed by atoms with Crippen LogP contribution >= 0.6 is 0 Å². The van der Waals surface area contributed by atoms with Crippen molar-refractivity contribution in [3.8, 4) is 11.5 Å². The zero-order chi connectivity index (χ0) is 46.6. The number of hydrogen-bond donors (Lipinski definition) is 3. The maximum atomic E-state index is 14.0. The number of hydrogen-bond acceptors (Lipinski definition) is 13. The molecule has 3 saturated carbocycles. The van der Waals surface area contributed by atoms with E-state index in [1.807, 2.05) is 12.1 Å². The molecule has 2 aromatic carbocycles. The third-order valence-electron chi connectivity index (χ3n) is 15.7. The van der Waals surface area contributed by atoms with Gasteiger partial charge >= 0.3 is 5.69 Å². The van der Waals surface area contributed by atoms with Gasteiger partial charge in [-0.1, -0.05) is 24.3 Å². The summed E-state index contributed by atoms with van der Waals surface area (Å²) in [4.78, 5) is 41.8. The third kappa shape index (κ3) is 9.18. The van der Waals surface area contributed by atoms with Gasteiger partial charge in [-0.05, 0) is 143 Å². The number of H-pyrrole nitrogens is 1. The van der Waals surface area contributed by atoms with Crippen molar-refractivity contribution in [2.45, 2.75) is 112 Å². The lowest BCUT2D eigenvalue weighted by Crippen LogP contribution is -2.54. The van der Waals surface area contributed by atoms with Crippen LogP contribution in [0, 0.1) is 21.4 Å². The van der Waals surface area contributed by atoms with Gasteiger partial charge in [-0.25, -0.2) is 31.7 Å². The molecule has 1 atom stereocenters. The Labute approximate surface area is 397 Å². The van der Waals surface area contributed by atoms with Crippen molar-refractivity contribution in [2.75, 3.05) is 47.9 Å². The van der Waals surface area contributed by atoms with Gasteiger partial charge in [0.2, 0.25) is 5.82 Å². The number of aromatic nitrogens is 3. The molecule has 18 heteroatoms. The van der Waals surface area contributed by atoms with Gasteiger partial charge in [0.1, 0.15) is 22.0 Å². The van der Waals surface area contributed by atoms with Gasteiger partial charge in [-0.3, -0.25) is 19.8 Å². The lowest BCUT2D eigenvalue weighted by atomic mass is 9.59. The maximum Gasteiger partial charge on any atom is 0.312 e. The Morgan fingerprint density at radius 3 is 2.44 bits per heavy atom. The van der Waals surface area contributed by atoms with Crippen molar-refractivity contribution < 1.29 is 27.1 Å². The van der Waals surface area contributed by atoms with Gasteiger partial charge in [-0.2, -0.15) is 0 Å². The topological polar surface area (TPSA) is 205 Å². The molecule has 6 fully saturated rings. The van der Waals surface area contributed by atoms with E-state index in [4.69, 9.17) is 4.74 Å². The molecule has 1 amide bonds. The number of carbonyl (C=O) groups excluding carboxylic acids is 1. The first-order valence-corrected chi connectivity index (χ1v) is 27.8. The maximum absolute atomic E-state index is 14.0. The SMILES string of the molecule is O=C(NS(=O)(=O)c1cnc(NC[C@H]2CC[C@@H](N=S3(=O)CCC3)CC2)c([N+](=O)[O-])c1)c1ccc(N2CCC3(CC2)CC(N2CCC[C@@H]2c2ccccc2C2CC2)C3)cc1Oc1cnc2[nH]ccc2c1. The van der Waals surface area contributed by atoms with E-state index in [-0.39, 0.29) is 29.1 Å². The number of ether oxygens (including phenoxy) is 1. The summed E-state index contributed by atoms with van der Waals surface area (Å²) in [6, 6.07) is 20.1. The van der Waals surface area contributed by atoms with Crippen LogP contribution in [0.5, 0.6) is 11.5 Å². The summed E-state index contributed by atoms with van der Waals surface area (Å²) in [7, 11) is -6.65. The highest BCUT2D eigenvalue weighted by Gasteiger charge is 2.50. The van der Waals surface area contributed by atoms with Crippen molar-refractivity contribution in [2.24, 2.45) is 15.7 Å². The number of benzene rings is 2. The van der Waals surface area contributed by atoms with E-state index in [1.165, 1.54) is 51.3 Å². The van der Waals surface area contributed by atoms with Gasteiger partial charge in [0, 0.05) is 82.4 Å². The predicted molar refractivity (Wildman–Crippen MR) is 261 cm³/mol. The molecule has 11 rings (SSSR count). The average Bonchev–Trinajstić information content (AvgIpc) is 3.87. The van der Waals surface area contributed by atoms with Gasteiger partial charge in [-0.15, -0.1) is 0 Å². The molecule has 6 aliphatic rings.